The summed E-state index contributed by atoms with van der Waals surface area (Å²) in [5.41, 5.74) is 3.71. The molecule has 0 radical (unpaired) electrons. The Morgan fingerprint density at radius 1 is 1.35 bits per heavy atom. The number of fused-ring (bicyclic) bond motifs is 1. The minimum Gasteiger partial charge on any atom is -0.356 e. The quantitative estimate of drug-likeness (QED) is 0.910. The van der Waals surface area contributed by atoms with Crippen molar-refractivity contribution in [2.75, 3.05) is 18.0 Å². The number of carbonyl (C=O) groups excluding carboxylic acids is 2. The fourth-order valence-electron chi connectivity index (χ4n) is 3.18. The predicted octanol–water partition coefficient (Wildman–Crippen LogP) is 1.66. The smallest absolute Gasteiger partial charge is 0.227 e. The fraction of sp³-hybridized carbons (Fsp3) is 0.500. The zero-order valence-corrected chi connectivity index (χ0v) is 11.8. The summed E-state index contributed by atoms with van der Waals surface area (Å²) in [6.45, 7) is 3.01. The number of carbonyl (C=O) groups is 2. The molecule has 3 rings (SSSR count). The van der Waals surface area contributed by atoms with Gasteiger partial charge >= 0.3 is 0 Å². The molecule has 20 heavy (non-hydrogen) atoms. The van der Waals surface area contributed by atoms with Crippen LogP contribution in [0.5, 0.6) is 0 Å². The summed E-state index contributed by atoms with van der Waals surface area (Å²) in [5.74, 6) is -0.167. The first kappa shape index (κ1) is 13.2. The molecule has 1 aliphatic heterocycles. The lowest BCUT2D eigenvalue weighted by molar-refractivity contribution is -0.126. The van der Waals surface area contributed by atoms with E-state index in [-0.39, 0.29) is 17.7 Å². The highest BCUT2D eigenvalue weighted by Gasteiger charge is 2.35. The van der Waals surface area contributed by atoms with Crippen LogP contribution in [0.3, 0.4) is 0 Å². The van der Waals surface area contributed by atoms with Gasteiger partial charge in [-0.2, -0.15) is 0 Å². The number of amides is 2. The van der Waals surface area contributed by atoms with Crippen LogP contribution in [0.2, 0.25) is 0 Å². The summed E-state index contributed by atoms with van der Waals surface area (Å²) in [4.78, 5) is 25.8. The molecular formula is C16H20N2O2. The van der Waals surface area contributed by atoms with Gasteiger partial charge in [-0.25, -0.2) is 0 Å². The molecule has 1 saturated heterocycles. The van der Waals surface area contributed by atoms with Crippen molar-refractivity contribution in [2.24, 2.45) is 5.92 Å². The predicted molar refractivity (Wildman–Crippen MR) is 77.6 cm³/mol. The summed E-state index contributed by atoms with van der Waals surface area (Å²) in [6.07, 6.45) is 3.77. The monoisotopic (exact) mass is 272 g/mol. The molecule has 2 amide bonds. The second-order valence-corrected chi connectivity index (χ2v) is 5.61. The molecule has 1 heterocycles. The Bertz CT molecular complexity index is 553. The standard InChI is InChI=1S/C16H20N2O2/c1-2-17-16(20)13-9-15(19)18(10-13)14-7-6-11-4-3-5-12(11)8-14/h6-8,13H,2-5,9-10H2,1H3,(H,17,20)/t13-/m0/s1. The molecular weight excluding hydrogens is 252 g/mol. The van der Waals surface area contributed by atoms with Gasteiger partial charge in [-0.1, -0.05) is 6.07 Å². The average molecular weight is 272 g/mol. The second kappa shape index (κ2) is 5.27. The molecule has 1 aromatic rings. The van der Waals surface area contributed by atoms with Crippen molar-refractivity contribution in [1.29, 1.82) is 0 Å². The third kappa shape index (κ3) is 2.30. The van der Waals surface area contributed by atoms with E-state index in [1.807, 2.05) is 13.0 Å². The molecule has 4 heteroatoms. The molecule has 1 N–H and O–H groups in total. The minimum absolute atomic E-state index is 0.00971. The normalized spacial score (nSPS) is 21.1. The molecule has 106 valence electrons. The number of anilines is 1. The third-order valence-electron chi connectivity index (χ3n) is 4.24. The van der Waals surface area contributed by atoms with Crippen molar-refractivity contribution >= 4 is 17.5 Å². The van der Waals surface area contributed by atoms with Crippen molar-refractivity contribution in [2.45, 2.75) is 32.6 Å². The number of aryl methyl sites for hydroxylation is 2. The Hall–Kier alpha value is -1.84. The molecule has 1 aromatic carbocycles. The molecule has 4 nitrogen and oxygen atoms in total. The van der Waals surface area contributed by atoms with E-state index in [0.29, 0.717) is 19.5 Å². The van der Waals surface area contributed by atoms with Gasteiger partial charge in [0.1, 0.15) is 0 Å². The van der Waals surface area contributed by atoms with Gasteiger partial charge in [-0.05, 0) is 49.4 Å². The maximum Gasteiger partial charge on any atom is 0.227 e. The van der Waals surface area contributed by atoms with Crippen LogP contribution in [-0.4, -0.2) is 24.9 Å². The van der Waals surface area contributed by atoms with Crippen molar-refractivity contribution in [3.05, 3.63) is 29.3 Å². The van der Waals surface area contributed by atoms with Gasteiger partial charge in [0.2, 0.25) is 11.8 Å². The molecule has 0 unspecified atom stereocenters. The van der Waals surface area contributed by atoms with Crippen LogP contribution in [-0.2, 0) is 22.4 Å². The molecule has 0 spiro atoms. The minimum atomic E-state index is -0.212. The number of hydrogen-bond acceptors (Lipinski definition) is 2. The maximum absolute atomic E-state index is 12.1. The van der Waals surface area contributed by atoms with E-state index in [2.05, 4.69) is 17.4 Å². The molecule has 1 atom stereocenters. The lowest BCUT2D eigenvalue weighted by Crippen LogP contribution is -2.32. The average Bonchev–Trinajstić information content (AvgIpc) is 3.04. The van der Waals surface area contributed by atoms with Crippen molar-refractivity contribution < 1.29 is 9.59 Å². The summed E-state index contributed by atoms with van der Waals surface area (Å²) in [6, 6.07) is 6.27. The van der Waals surface area contributed by atoms with Gasteiger partial charge in [0.15, 0.2) is 0 Å². The van der Waals surface area contributed by atoms with E-state index in [4.69, 9.17) is 0 Å². The van der Waals surface area contributed by atoms with E-state index < -0.39 is 0 Å². The van der Waals surface area contributed by atoms with Gasteiger partial charge in [0, 0.05) is 25.2 Å². The van der Waals surface area contributed by atoms with Crippen molar-refractivity contribution in [3.63, 3.8) is 0 Å². The SMILES string of the molecule is CCNC(=O)[C@H]1CC(=O)N(c2ccc3c(c2)CCC3)C1. The highest BCUT2D eigenvalue weighted by molar-refractivity contribution is 6.00. The first-order valence-corrected chi connectivity index (χ1v) is 7.39. The van der Waals surface area contributed by atoms with Crippen LogP contribution in [0.25, 0.3) is 0 Å². The van der Waals surface area contributed by atoms with Crippen LogP contribution in [0.1, 0.15) is 30.9 Å². The second-order valence-electron chi connectivity index (χ2n) is 5.61. The van der Waals surface area contributed by atoms with E-state index in [9.17, 15) is 9.59 Å². The zero-order chi connectivity index (χ0) is 14.1. The van der Waals surface area contributed by atoms with E-state index >= 15 is 0 Å². The molecule has 2 aliphatic rings. The zero-order valence-electron chi connectivity index (χ0n) is 11.8. The van der Waals surface area contributed by atoms with Gasteiger partial charge < -0.3 is 10.2 Å². The molecule has 1 aliphatic carbocycles. The van der Waals surface area contributed by atoms with Gasteiger partial charge in [0.25, 0.3) is 0 Å². The number of benzene rings is 1. The highest BCUT2D eigenvalue weighted by Crippen LogP contribution is 2.30. The number of nitrogens with one attached hydrogen (secondary N) is 1. The van der Waals surface area contributed by atoms with Gasteiger partial charge in [0.05, 0.1) is 5.92 Å². The van der Waals surface area contributed by atoms with Crippen LogP contribution in [0.4, 0.5) is 5.69 Å². The number of rotatable bonds is 3. The summed E-state index contributed by atoms with van der Waals surface area (Å²) in [7, 11) is 0. The van der Waals surface area contributed by atoms with E-state index in [1.54, 1.807) is 4.90 Å². The van der Waals surface area contributed by atoms with E-state index in [1.165, 1.54) is 17.5 Å². The Kier molecular flexibility index (Phi) is 3.47. The lowest BCUT2D eigenvalue weighted by atomic mass is 10.1. The third-order valence-corrected chi connectivity index (χ3v) is 4.24. The first-order chi connectivity index (χ1) is 9.69. The van der Waals surface area contributed by atoms with Crippen LogP contribution in [0.15, 0.2) is 18.2 Å². The Morgan fingerprint density at radius 3 is 2.95 bits per heavy atom. The Labute approximate surface area is 119 Å². The number of hydrogen-bond donors (Lipinski definition) is 1. The fourth-order valence-corrected chi connectivity index (χ4v) is 3.18. The van der Waals surface area contributed by atoms with Crippen LogP contribution < -0.4 is 10.2 Å². The highest BCUT2D eigenvalue weighted by atomic mass is 16.2. The van der Waals surface area contributed by atoms with Crippen LogP contribution >= 0.6 is 0 Å². The molecule has 1 fully saturated rings. The summed E-state index contributed by atoms with van der Waals surface area (Å²) in [5, 5.41) is 2.80. The maximum atomic E-state index is 12.1. The van der Waals surface area contributed by atoms with Gasteiger partial charge in [-0.15, -0.1) is 0 Å². The van der Waals surface area contributed by atoms with Gasteiger partial charge in [-0.3, -0.25) is 9.59 Å². The topological polar surface area (TPSA) is 49.4 Å². The Morgan fingerprint density at radius 2 is 2.15 bits per heavy atom. The lowest BCUT2D eigenvalue weighted by Gasteiger charge is -2.17. The summed E-state index contributed by atoms with van der Waals surface area (Å²) < 4.78 is 0. The van der Waals surface area contributed by atoms with Crippen molar-refractivity contribution in [1.82, 2.24) is 5.32 Å². The largest absolute Gasteiger partial charge is 0.356 e. The molecule has 0 saturated carbocycles. The van der Waals surface area contributed by atoms with Crippen molar-refractivity contribution in [3.8, 4) is 0 Å². The van der Waals surface area contributed by atoms with Crippen LogP contribution in [0, 0.1) is 5.92 Å². The molecule has 0 bridgehead atoms. The summed E-state index contributed by atoms with van der Waals surface area (Å²) >= 11 is 0. The number of nitrogens with zero attached hydrogens (tertiary/aromatic N) is 1. The first-order valence-electron chi connectivity index (χ1n) is 7.39. The molecule has 0 aromatic heterocycles. The van der Waals surface area contributed by atoms with E-state index in [0.717, 1.165) is 18.5 Å². The Balaban J connectivity index is 1.77.